The number of amides is 2. The van der Waals surface area contributed by atoms with Gasteiger partial charge in [0, 0.05) is 18.7 Å². The molecule has 72 valence electrons. The molecule has 1 aliphatic heterocycles. The molecule has 1 rings (SSSR count). The molecule has 0 aromatic heterocycles. The second-order valence-corrected chi connectivity index (χ2v) is 3.49. The molecule has 0 aliphatic carbocycles. The van der Waals surface area contributed by atoms with E-state index in [1.54, 1.807) is 0 Å². The Bertz CT molecular complexity index is 240. The summed E-state index contributed by atoms with van der Waals surface area (Å²) in [5.74, 6) is -0.418. The van der Waals surface area contributed by atoms with Gasteiger partial charge in [-0.25, -0.2) is 0 Å². The smallest absolute Gasteiger partial charge is 0.253 e. The van der Waals surface area contributed by atoms with Gasteiger partial charge in [-0.05, 0) is 21.0 Å². The van der Waals surface area contributed by atoms with E-state index in [1.807, 2.05) is 25.9 Å². The number of rotatable bonds is 3. The van der Waals surface area contributed by atoms with Crippen LogP contribution in [0.5, 0.6) is 0 Å². The van der Waals surface area contributed by atoms with Crippen molar-refractivity contribution in [2.45, 2.75) is 13.0 Å². The fourth-order valence-corrected chi connectivity index (χ4v) is 1.46. The van der Waals surface area contributed by atoms with Crippen LogP contribution in [0.2, 0.25) is 0 Å². The number of likely N-dealkylation sites (N-methyl/N-ethyl adjacent to an activating group) is 1. The average Bonchev–Trinajstić information content (AvgIpc) is 2.29. The van der Waals surface area contributed by atoms with Gasteiger partial charge in [0.2, 0.25) is 0 Å². The molecule has 2 amide bonds. The lowest BCUT2D eigenvalue weighted by molar-refractivity contribution is -0.139. The highest BCUT2D eigenvalue weighted by Gasteiger charge is 2.28. The zero-order chi connectivity index (χ0) is 10.0. The van der Waals surface area contributed by atoms with Crippen LogP contribution < -0.4 is 0 Å². The zero-order valence-electron chi connectivity index (χ0n) is 8.15. The van der Waals surface area contributed by atoms with Crippen molar-refractivity contribution in [1.29, 1.82) is 0 Å². The van der Waals surface area contributed by atoms with Crippen molar-refractivity contribution >= 4 is 11.8 Å². The van der Waals surface area contributed by atoms with Gasteiger partial charge < -0.3 is 4.90 Å². The minimum atomic E-state index is -0.209. The van der Waals surface area contributed by atoms with Crippen LogP contribution >= 0.6 is 0 Å². The van der Waals surface area contributed by atoms with Gasteiger partial charge in [0.05, 0.1) is 6.04 Å². The molecule has 1 unspecified atom stereocenters. The summed E-state index contributed by atoms with van der Waals surface area (Å²) in [5.41, 5.74) is 0. The van der Waals surface area contributed by atoms with Gasteiger partial charge in [0.1, 0.15) is 0 Å². The van der Waals surface area contributed by atoms with E-state index in [0.29, 0.717) is 6.54 Å². The van der Waals surface area contributed by atoms with Crippen molar-refractivity contribution in [2.24, 2.45) is 0 Å². The van der Waals surface area contributed by atoms with Crippen LogP contribution in [-0.2, 0) is 9.59 Å². The van der Waals surface area contributed by atoms with Crippen molar-refractivity contribution in [3.05, 3.63) is 12.2 Å². The van der Waals surface area contributed by atoms with Gasteiger partial charge in [-0.2, -0.15) is 0 Å². The largest absolute Gasteiger partial charge is 0.307 e. The van der Waals surface area contributed by atoms with E-state index in [9.17, 15) is 9.59 Å². The molecule has 0 spiro atoms. The topological polar surface area (TPSA) is 40.6 Å². The van der Waals surface area contributed by atoms with E-state index in [2.05, 4.69) is 0 Å². The molecule has 0 radical (unpaired) electrons. The third-order valence-corrected chi connectivity index (χ3v) is 1.91. The maximum absolute atomic E-state index is 11.2. The normalized spacial score (nSPS) is 18.9. The van der Waals surface area contributed by atoms with Crippen molar-refractivity contribution in [3.8, 4) is 0 Å². The molecule has 0 N–H and O–H groups in total. The van der Waals surface area contributed by atoms with Gasteiger partial charge in [0.25, 0.3) is 11.8 Å². The second kappa shape index (κ2) is 3.70. The van der Waals surface area contributed by atoms with Crippen LogP contribution in [0.1, 0.15) is 6.92 Å². The minimum Gasteiger partial charge on any atom is -0.307 e. The molecular weight excluding hydrogens is 168 g/mol. The molecule has 13 heavy (non-hydrogen) atoms. The number of imide groups is 1. The van der Waals surface area contributed by atoms with Crippen molar-refractivity contribution in [3.63, 3.8) is 0 Å². The van der Waals surface area contributed by atoms with Crippen molar-refractivity contribution < 1.29 is 9.59 Å². The highest BCUT2D eigenvalue weighted by molar-refractivity contribution is 6.13. The zero-order valence-corrected chi connectivity index (χ0v) is 8.15. The van der Waals surface area contributed by atoms with E-state index < -0.39 is 0 Å². The number of hydrogen-bond donors (Lipinski definition) is 0. The highest BCUT2D eigenvalue weighted by Crippen LogP contribution is 2.08. The highest BCUT2D eigenvalue weighted by atomic mass is 16.2. The molecule has 1 heterocycles. The maximum Gasteiger partial charge on any atom is 0.253 e. The lowest BCUT2D eigenvalue weighted by Crippen LogP contribution is -2.43. The third-order valence-electron chi connectivity index (χ3n) is 1.91. The fourth-order valence-electron chi connectivity index (χ4n) is 1.46. The van der Waals surface area contributed by atoms with E-state index in [-0.39, 0.29) is 17.9 Å². The molecule has 0 aromatic rings. The van der Waals surface area contributed by atoms with Crippen LogP contribution in [0.25, 0.3) is 0 Å². The van der Waals surface area contributed by atoms with Gasteiger partial charge in [0.15, 0.2) is 0 Å². The molecule has 1 atom stereocenters. The molecular formula is C9H14N2O2. The van der Waals surface area contributed by atoms with Crippen LogP contribution in [0.15, 0.2) is 12.2 Å². The summed E-state index contributed by atoms with van der Waals surface area (Å²) in [6.45, 7) is 2.56. The summed E-state index contributed by atoms with van der Waals surface area (Å²) < 4.78 is 0. The molecule has 0 aromatic carbocycles. The molecule has 4 nitrogen and oxygen atoms in total. The maximum atomic E-state index is 11.2. The number of nitrogens with zero attached hydrogens (tertiary/aromatic N) is 2. The first-order valence-electron chi connectivity index (χ1n) is 4.22. The number of carbonyl (C=O) groups excluding carboxylic acids is 2. The summed E-state index contributed by atoms with van der Waals surface area (Å²) >= 11 is 0. The fraction of sp³-hybridized carbons (Fsp3) is 0.556. The van der Waals surface area contributed by atoms with E-state index >= 15 is 0 Å². The predicted molar refractivity (Wildman–Crippen MR) is 49.0 cm³/mol. The molecule has 1 aliphatic rings. The Morgan fingerprint density at radius 3 is 2.15 bits per heavy atom. The predicted octanol–water partition coefficient (Wildman–Crippen LogP) is -0.139. The number of hydrogen-bond acceptors (Lipinski definition) is 3. The Hall–Kier alpha value is -1.16. The minimum absolute atomic E-state index is 0.0648. The summed E-state index contributed by atoms with van der Waals surface area (Å²) in [4.78, 5) is 25.6. The molecule has 0 saturated carbocycles. The Kier molecular flexibility index (Phi) is 2.83. The van der Waals surface area contributed by atoms with Crippen LogP contribution in [0.4, 0.5) is 0 Å². The van der Waals surface area contributed by atoms with Crippen molar-refractivity contribution in [2.75, 3.05) is 20.6 Å². The first-order valence-corrected chi connectivity index (χ1v) is 4.22. The Morgan fingerprint density at radius 1 is 1.31 bits per heavy atom. The first-order chi connectivity index (χ1) is 6.02. The lowest BCUT2D eigenvalue weighted by Gasteiger charge is -2.25. The first kappa shape index (κ1) is 9.92. The summed E-state index contributed by atoms with van der Waals surface area (Å²) in [6.07, 6.45) is 2.63. The Balaban J connectivity index is 2.61. The monoisotopic (exact) mass is 182 g/mol. The third kappa shape index (κ3) is 2.15. The van der Waals surface area contributed by atoms with Gasteiger partial charge in [-0.15, -0.1) is 0 Å². The SMILES string of the molecule is CC(CN(C)C)N1C(=O)C=CC1=O. The molecule has 0 saturated heterocycles. The van der Waals surface area contributed by atoms with Gasteiger partial charge in [-0.3, -0.25) is 14.5 Å². The summed E-state index contributed by atoms with van der Waals surface area (Å²) in [5, 5.41) is 0. The van der Waals surface area contributed by atoms with Crippen LogP contribution in [0, 0.1) is 0 Å². The van der Waals surface area contributed by atoms with Gasteiger partial charge in [-0.1, -0.05) is 0 Å². The van der Waals surface area contributed by atoms with Crippen LogP contribution in [-0.4, -0.2) is 48.3 Å². The van der Waals surface area contributed by atoms with Crippen LogP contribution in [0.3, 0.4) is 0 Å². The number of carbonyl (C=O) groups is 2. The lowest BCUT2D eigenvalue weighted by atomic mass is 10.3. The Morgan fingerprint density at radius 2 is 1.77 bits per heavy atom. The second-order valence-electron chi connectivity index (χ2n) is 3.49. The average molecular weight is 182 g/mol. The standard InChI is InChI=1S/C9H14N2O2/c1-7(6-10(2)3)11-8(12)4-5-9(11)13/h4-5,7H,6H2,1-3H3. The van der Waals surface area contributed by atoms with E-state index in [1.165, 1.54) is 17.1 Å². The van der Waals surface area contributed by atoms with E-state index in [0.717, 1.165) is 0 Å². The van der Waals surface area contributed by atoms with Gasteiger partial charge >= 0.3 is 0 Å². The Labute approximate surface area is 77.8 Å². The summed E-state index contributed by atoms with van der Waals surface area (Å²) in [7, 11) is 3.82. The molecule has 0 fully saturated rings. The van der Waals surface area contributed by atoms with Crippen molar-refractivity contribution in [1.82, 2.24) is 9.80 Å². The summed E-state index contributed by atoms with van der Waals surface area (Å²) in [6, 6.07) is -0.0648. The van der Waals surface area contributed by atoms with E-state index in [4.69, 9.17) is 0 Å². The molecule has 4 heteroatoms. The quantitative estimate of drug-likeness (QED) is 0.570. The molecule has 0 bridgehead atoms.